The first-order chi connectivity index (χ1) is 19.5. The molecule has 0 saturated heterocycles. The second-order valence-electron chi connectivity index (χ2n) is 9.29. The van der Waals surface area contributed by atoms with Gasteiger partial charge in [-0.15, -0.1) is 0 Å². The van der Waals surface area contributed by atoms with Crippen molar-refractivity contribution in [2.75, 3.05) is 19.0 Å². The molecule has 1 amide bonds. The Labute approximate surface area is 245 Å². The van der Waals surface area contributed by atoms with Crippen molar-refractivity contribution in [3.63, 3.8) is 0 Å². The van der Waals surface area contributed by atoms with Crippen molar-refractivity contribution < 1.29 is 14.6 Å². The van der Waals surface area contributed by atoms with Crippen LogP contribution < -0.4 is 26.6 Å². The fourth-order valence-electron chi connectivity index (χ4n) is 4.18. The number of carbonyl (C=O) groups excluding carboxylic acids is 1. The summed E-state index contributed by atoms with van der Waals surface area (Å²) >= 11 is 13.8. The molecule has 1 aromatic carbocycles. The molecular formula is C28H28Cl2N6O5. The minimum absolute atomic E-state index is 0.164. The van der Waals surface area contributed by atoms with Gasteiger partial charge in [0.1, 0.15) is 11.3 Å². The highest BCUT2D eigenvalue weighted by molar-refractivity contribution is 6.39. The van der Waals surface area contributed by atoms with Crippen LogP contribution in [0.5, 0.6) is 5.88 Å². The van der Waals surface area contributed by atoms with Crippen molar-refractivity contribution in [2.45, 2.75) is 19.6 Å². The smallest absolute Gasteiger partial charge is 0.330 e. The Hall–Kier alpha value is -4.03. The van der Waals surface area contributed by atoms with Crippen LogP contribution in [0.4, 0.5) is 5.69 Å². The molecule has 0 saturated carbocycles. The van der Waals surface area contributed by atoms with Crippen LogP contribution in [0.25, 0.3) is 22.5 Å². The van der Waals surface area contributed by atoms with Gasteiger partial charge in [-0.3, -0.25) is 19.1 Å². The number of halogens is 2. The maximum absolute atomic E-state index is 13.1. The Morgan fingerprint density at radius 1 is 1.12 bits per heavy atom. The first-order valence-corrected chi connectivity index (χ1v) is 13.2. The maximum Gasteiger partial charge on any atom is 0.330 e. The van der Waals surface area contributed by atoms with Gasteiger partial charge < -0.3 is 25.0 Å². The molecule has 0 spiro atoms. The number of methoxy groups -OCH3 is 1. The fraction of sp³-hybridized carbons (Fsp3) is 0.250. The quantitative estimate of drug-likeness (QED) is 0.267. The summed E-state index contributed by atoms with van der Waals surface area (Å²) in [4.78, 5) is 46.7. The van der Waals surface area contributed by atoms with Gasteiger partial charge in [0.05, 0.1) is 34.6 Å². The van der Waals surface area contributed by atoms with E-state index in [4.69, 9.17) is 27.9 Å². The standard InChI is InChI=1S/C28H28Cl2N6O5/c1-15(37)11-31-12-16-13-32-25(20-9-6-10-21(33-20)41-4)24(30)22(16)17-7-5-8-19(23(17)29)34-26(38)18-14-35(2)28(40)36(3)27(18)39/h5-10,13-15,31,37H,11-12H2,1-4H3,(H,34,38). The number of nitrogens with zero attached hydrogens (tertiary/aromatic N) is 4. The Bertz CT molecular complexity index is 1730. The van der Waals surface area contributed by atoms with Crippen molar-refractivity contribution in [3.05, 3.63) is 90.8 Å². The lowest BCUT2D eigenvalue weighted by Crippen LogP contribution is -2.40. The number of aromatic nitrogens is 4. The molecule has 1 unspecified atom stereocenters. The van der Waals surface area contributed by atoms with Crippen LogP contribution in [0.2, 0.25) is 10.0 Å². The van der Waals surface area contributed by atoms with E-state index in [0.29, 0.717) is 47.0 Å². The van der Waals surface area contributed by atoms with Gasteiger partial charge in [0, 0.05) is 56.8 Å². The SMILES string of the molecule is COc1cccc(-c2ncc(CNCC(C)O)c(-c3cccc(NC(=O)c4cn(C)c(=O)n(C)c4=O)c3Cl)c2Cl)n1. The molecule has 0 aliphatic carbocycles. The summed E-state index contributed by atoms with van der Waals surface area (Å²) in [6.07, 6.45) is 2.24. The average Bonchev–Trinajstić information content (AvgIpc) is 2.95. The van der Waals surface area contributed by atoms with E-state index in [9.17, 15) is 19.5 Å². The molecule has 0 aliphatic heterocycles. The number of aliphatic hydroxyl groups is 1. The van der Waals surface area contributed by atoms with Crippen LogP contribution in [-0.2, 0) is 20.6 Å². The molecule has 11 nitrogen and oxygen atoms in total. The molecule has 1 atom stereocenters. The van der Waals surface area contributed by atoms with Gasteiger partial charge in [-0.1, -0.05) is 41.4 Å². The van der Waals surface area contributed by atoms with Crippen molar-refractivity contribution >= 4 is 34.8 Å². The zero-order valence-electron chi connectivity index (χ0n) is 22.7. The zero-order valence-corrected chi connectivity index (χ0v) is 24.2. The van der Waals surface area contributed by atoms with E-state index in [0.717, 1.165) is 9.13 Å². The Morgan fingerprint density at radius 3 is 2.56 bits per heavy atom. The number of amides is 1. The van der Waals surface area contributed by atoms with Crippen molar-refractivity contribution in [3.8, 4) is 28.4 Å². The van der Waals surface area contributed by atoms with Gasteiger partial charge in [-0.25, -0.2) is 9.78 Å². The molecule has 214 valence electrons. The maximum atomic E-state index is 13.1. The van der Waals surface area contributed by atoms with Crippen molar-refractivity contribution in [1.82, 2.24) is 24.4 Å². The molecule has 4 rings (SSSR count). The predicted octanol–water partition coefficient (Wildman–Crippen LogP) is 3.25. The van der Waals surface area contributed by atoms with E-state index in [1.54, 1.807) is 49.5 Å². The normalized spacial score (nSPS) is 11.8. The van der Waals surface area contributed by atoms with E-state index in [-0.39, 0.29) is 21.3 Å². The van der Waals surface area contributed by atoms with Gasteiger partial charge in [0.15, 0.2) is 0 Å². The summed E-state index contributed by atoms with van der Waals surface area (Å²) in [6.45, 7) is 2.30. The number of aryl methyl sites for hydroxylation is 1. The number of rotatable bonds is 9. The van der Waals surface area contributed by atoms with Crippen molar-refractivity contribution in [1.29, 1.82) is 0 Å². The van der Waals surface area contributed by atoms with Crippen LogP contribution in [-0.4, -0.2) is 49.9 Å². The largest absolute Gasteiger partial charge is 0.481 e. The van der Waals surface area contributed by atoms with Crippen LogP contribution >= 0.6 is 23.2 Å². The Kier molecular flexibility index (Phi) is 9.24. The number of benzene rings is 1. The summed E-state index contributed by atoms with van der Waals surface area (Å²) in [5.41, 5.74) is 1.27. The molecule has 3 aromatic heterocycles. The number of pyridine rings is 2. The lowest BCUT2D eigenvalue weighted by Gasteiger charge is -2.18. The Balaban J connectivity index is 1.82. The first-order valence-electron chi connectivity index (χ1n) is 12.5. The van der Waals surface area contributed by atoms with Crippen LogP contribution in [0, 0.1) is 0 Å². The topological polar surface area (TPSA) is 140 Å². The first kappa shape index (κ1) is 29.9. The molecule has 0 aliphatic rings. The number of nitrogens with one attached hydrogen (secondary N) is 2. The summed E-state index contributed by atoms with van der Waals surface area (Å²) in [5.74, 6) is -0.349. The predicted molar refractivity (Wildman–Crippen MR) is 158 cm³/mol. The Morgan fingerprint density at radius 2 is 1.85 bits per heavy atom. The minimum Gasteiger partial charge on any atom is -0.481 e. The summed E-state index contributed by atoms with van der Waals surface area (Å²) in [5, 5.41) is 16.0. The third kappa shape index (κ3) is 6.33. The van der Waals surface area contributed by atoms with E-state index in [2.05, 4.69) is 20.6 Å². The monoisotopic (exact) mass is 598 g/mol. The van der Waals surface area contributed by atoms with Crippen molar-refractivity contribution in [2.24, 2.45) is 14.1 Å². The molecule has 13 heteroatoms. The summed E-state index contributed by atoms with van der Waals surface area (Å²) in [7, 11) is 4.25. The van der Waals surface area contributed by atoms with Gasteiger partial charge in [-0.05, 0) is 24.6 Å². The number of aliphatic hydroxyl groups excluding tert-OH is 1. The number of ether oxygens (including phenoxy) is 1. The lowest BCUT2D eigenvalue weighted by molar-refractivity contribution is 0.102. The van der Waals surface area contributed by atoms with Crippen LogP contribution in [0.15, 0.2) is 58.4 Å². The number of hydrogen-bond acceptors (Lipinski definition) is 8. The molecule has 3 N–H and O–H groups in total. The molecule has 0 radical (unpaired) electrons. The third-order valence-electron chi connectivity index (χ3n) is 6.24. The zero-order chi connectivity index (χ0) is 29.8. The fourth-order valence-corrected chi connectivity index (χ4v) is 4.81. The second-order valence-corrected chi connectivity index (χ2v) is 10.0. The highest BCUT2D eigenvalue weighted by Gasteiger charge is 2.22. The second kappa shape index (κ2) is 12.6. The molecule has 0 bridgehead atoms. The highest BCUT2D eigenvalue weighted by atomic mass is 35.5. The highest BCUT2D eigenvalue weighted by Crippen LogP contribution is 2.42. The van der Waals surface area contributed by atoms with Gasteiger partial charge in [0.2, 0.25) is 5.88 Å². The molecular weight excluding hydrogens is 571 g/mol. The number of anilines is 1. The number of carbonyl (C=O) groups is 1. The van der Waals surface area contributed by atoms with E-state index < -0.39 is 23.3 Å². The van der Waals surface area contributed by atoms with E-state index in [1.807, 2.05) is 0 Å². The number of hydrogen-bond donors (Lipinski definition) is 3. The van der Waals surface area contributed by atoms with Gasteiger partial charge in [-0.2, -0.15) is 0 Å². The van der Waals surface area contributed by atoms with Gasteiger partial charge >= 0.3 is 5.69 Å². The third-order valence-corrected chi connectivity index (χ3v) is 7.01. The average molecular weight is 599 g/mol. The summed E-state index contributed by atoms with van der Waals surface area (Å²) in [6, 6.07) is 10.2. The van der Waals surface area contributed by atoms with Crippen LogP contribution in [0.3, 0.4) is 0 Å². The summed E-state index contributed by atoms with van der Waals surface area (Å²) < 4.78 is 7.24. The molecule has 3 heterocycles. The van der Waals surface area contributed by atoms with Gasteiger partial charge in [0.25, 0.3) is 11.5 Å². The lowest BCUT2D eigenvalue weighted by atomic mass is 9.98. The molecule has 41 heavy (non-hydrogen) atoms. The van der Waals surface area contributed by atoms with E-state index >= 15 is 0 Å². The molecule has 0 fully saturated rings. The minimum atomic E-state index is -0.739. The molecule has 4 aromatic rings. The van der Waals surface area contributed by atoms with Crippen LogP contribution in [0.1, 0.15) is 22.8 Å². The van der Waals surface area contributed by atoms with E-state index in [1.165, 1.54) is 27.4 Å².